The Morgan fingerprint density at radius 1 is 1.18 bits per heavy atom. The van der Waals surface area contributed by atoms with Crippen molar-refractivity contribution in [2.24, 2.45) is 0 Å². The molecular formula is C16H23O. The highest BCUT2D eigenvalue weighted by Crippen LogP contribution is 2.34. The lowest BCUT2D eigenvalue weighted by atomic mass is 9.81. The molecule has 0 aliphatic heterocycles. The standard InChI is InChI=1S/C16H23O/c1-4-17-16-8-6-5-7-15(16)14-10-9-12(2)13(3)11-14/h9-11,16H,4-8H2,1-3H3. The maximum absolute atomic E-state index is 5.88. The van der Waals surface area contributed by atoms with Gasteiger partial charge in [0.15, 0.2) is 0 Å². The number of hydrogen-bond donors (Lipinski definition) is 0. The first-order chi connectivity index (χ1) is 8.22. The summed E-state index contributed by atoms with van der Waals surface area (Å²) in [6.07, 6.45) is 5.37. The molecule has 17 heavy (non-hydrogen) atoms. The van der Waals surface area contributed by atoms with Gasteiger partial charge in [-0.05, 0) is 50.3 Å². The fraction of sp³-hybridized carbons (Fsp3) is 0.562. The van der Waals surface area contributed by atoms with Crippen molar-refractivity contribution in [3.63, 3.8) is 0 Å². The van der Waals surface area contributed by atoms with Crippen molar-refractivity contribution >= 4 is 0 Å². The summed E-state index contributed by atoms with van der Waals surface area (Å²) in [4.78, 5) is 0. The third-order valence-corrected chi connectivity index (χ3v) is 3.80. The van der Waals surface area contributed by atoms with Gasteiger partial charge in [0.25, 0.3) is 0 Å². The van der Waals surface area contributed by atoms with E-state index < -0.39 is 0 Å². The summed E-state index contributed by atoms with van der Waals surface area (Å²) in [7, 11) is 0. The molecule has 0 saturated heterocycles. The Balaban J connectivity index is 2.20. The number of aryl methyl sites for hydroxylation is 2. The zero-order valence-electron chi connectivity index (χ0n) is 11.3. The van der Waals surface area contributed by atoms with Crippen molar-refractivity contribution in [1.82, 2.24) is 0 Å². The third-order valence-electron chi connectivity index (χ3n) is 3.80. The number of ether oxygens (including phenoxy) is 1. The minimum Gasteiger partial charge on any atom is -0.378 e. The van der Waals surface area contributed by atoms with Crippen LogP contribution in [-0.4, -0.2) is 12.7 Å². The first kappa shape index (κ1) is 12.6. The summed E-state index contributed by atoms with van der Waals surface area (Å²) in [5, 5.41) is 0. The Kier molecular flexibility index (Phi) is 4.22. The molecule has 1 heteroatoms. The maximum Gasteiger partial charge on any atom is 0.0681 e. The van der Waals surface area contributed by atoms with Crippen LogP contribution in [0.3, 0.4) is 0 Å². The Morgan fingerprint density at radius 2 is 2.00 bits per heavy atom. The molecule has 0 bridgehead atoms. The van der Waals surface area contributed by atoms with E-state index in [-0.39, 0.29) is 0 Å². The summed E-state index contributed by atoms with van der Waals surface area (Å²) in [6.45, 7) is 7.27. The van der Waals surface area contributed by atoms with Gasteiger partial charge in [-0.25, -0.2) is 0 Å². The van der Waals surface area contributed by atoms with Gasteiger partial charge in [-0.3, -0.25) is 0 Å². The predicted molar refractivity (Wildman–Crippen MR) is 72.1 cm³/mol. The lowest BCUT2D eigenvalue weighted by Gasteiger charge is -2.31. The third kappa shape index (κ3) is 2.90. The van der Waals surface area contributed by atoms with Crippen molar-refractivity contribution in [1.29, 1.82) is 0 Å². The summed E-state index contributed by atoms with van der Waals surface area (Å²) in [6, 6.07) is 6.81. The molecule has 1 saturated carbocycles. The van der Waals surface area contributed by atoms with Crippen molar-refractivity contribution in [2.75, 3.05) is 6.61 Å². The first-order valence-electron chi connectivity index (χ1n) is 6.77. The molecule has 1 aromatic carbocycles. The minimum atomic E-state index is 0.357. The van der Waals surface area contributed by atoms with E-state index in [1.165, 1.54) is 48.3 Å². The molecule has 1 radical (unpaired) electrons. The second kappa shape index (κ2) is 5.68. The van der Waals surface area contributed by atoms with Crippen molar-refractivity contribution < 1.29 is 4.74 Å². The van der Waals surface area contributed by atoms with E-state index >= 15 is 0 Å². The average Bonchev–Trinajstić information content (AvgIpc) is 2.34. The van der Waals surface area contributed by atoms with Crippen molar-refractivity contribution in [3.05, 3.63) is 40.8 Å². The Morgan fingerprint density at radius 3 is 2.71 bits per heavy atom. The zero-order valence-corrected chi connectivity index (χ0v) is 11.3. The van der Waals surface area contributed by atoms with E-state index in [1.807, 2.05) is 0 Å². The largest absolute Gasteiger partial charge is 0.378 e. The van der Waals surface area contributed by atoms with Crippen LogP contribution in [0.25, 0.3) is 0 Å². The van der Waals surface area contributed by atoms with Crippen LogP contribution in [-0.2, 0) is 4.74 Å². The van der Waals surface area contributed by atoms with Crippen LogP contribution in [0.15, 0.2) is 18.2 Å². The number of hydrogen-bond acceptors (Lipinski definition) is 1. The van der Waals surface area contributed by atoms with Gasteiger partial charge in [-0.15, -0.1) is 0 Å². The lowest BCUT2D eigenvalue weighted by molar-refractivity contribution is 0.0560. The molecule has 93 valence electrons. The van der Waals surface area contributed by atoms with E-state index in [0.717, 1.165) is 6.61 Å². The molecule has 0 aromatic heterocycles. The van der Waals surface area contributed by atoms with E-state index in [9.17, 15) is 0 Å². The topological polar surface area (TPSA) is 9.23 Å². The molecule has 1 aliphatic carbocycles. The summed E-state index contributed by atoms with van der Waals surface area (Å²) in [5.74, 6) is 1.52. The second-order valence-corrected chi connectivity index (χ2v) is 5.01. The highest BCUT2D eigenvalue weighted by Gasteiger charge is 2.27. The monoisotopic (exact) mass is 231 g/mol. The van der Waals surface area contributed by atoms with Gasteiger partial charge in [0, 0.05) is 12.5 Å². The van der Waals surface area contributed by atoms with Crippen LogP contribution in [0.1, 0.15) is 49.3 Å². The quantitative estimate of drug-likeness (QED) is 0.757. The molecule has 1 unspecified atom stereocenters. The van der Waals surface area contributed by atoms with Crippen molar-refractivity contribution in [2.45, 2.75) is 52.6 Å². The lowest BCUT2D eigenvalue weighted by Crippen LogP contribution is -2.27. The van der Waals surface area contributed by atoms with Crippen molar-refractivity contribution in [3.8, 4) is 0 Å². The molecule has 1 nitrogen and oxygen atoms in total. The Bertz CT molecular complexity index is 368. The predicted octanol–water partition coefficient (Wildman–Crippen LogP) is 4.21. The highest BCUT2D eigenvalue weighted by atomic mass is 16.5. The fourth-order valence-corrected chi connectivity index (χ4v) is 2.64. The van der Waals surface area contributed by atoms with Gasteiger partial charge in [-0.2, -0.15) is 0 Å². The molecule has 2 rings (SSSR count). The van der Waals surface area contributed by atoms with Gasteiger partial charge in [0.1, 0.15) is 0 Å². The van der Waals surface area contributed by atoms with Crippen LogP contribution in [0, 0.1) is 19.8 Å². The molecule has 1 aromatic rings. The fourth-order valence-electron chi connectivity index (χ4n) is 2.64. The molecular weight excluding hydrogens is 208 g/mol. The van der Waals surface area contributed by atoms with Crippen LogP contribution >= 0.6 is 0 Å². The highest BCUT2D eigenvalue weighted by molar-refractivity contribution is 5.39. The number of rotatable bonds is 3. The molecule has 1 aliphatic rings. The molecule has 0 spiro atoms. The van der Waals surface area contributed by atoms with E-state index in [0.29, 0.717) is 6.10 Å². The second-order valence-electron chi connectivity index (χ2n) is 5.01. The van der Waals surface area contributed by atoms with E-state index in [1.54, 1.807) is 0 Å². The summed E-state index contributed by atoms with van der Waals surface area (Å²) in [5.41, 5.74) is 4.15. The van der Waals surface area contributed by atoms with Crippen LogP contribution in [0.2, 0.25) is 0 Å². The zero-order chi connectivity index (χ0) is 12.3. The minimum absolute atomic E-state index is 0.357. The smallest absolute Gasteiger partial charge is 0.0681 e. The van der Waals surface area contributed by atoms with Gasteiger partial charge >= 0.3 is 0 Å². The summed E-state index contributed by atoms with van der Waals surface area (Å²) < 4.78 is 5.88. The Labute approximate surface area is 105 Å². The first-order valence-corrected chi connectivity index (χ1v) is 6.77. The normalized spacial score (nSPS) is 21.7. The van der Waals surface area contributed by atoms with E-state index in [4.69, 9.17) is 4.74 Å². The van der Waals surface area contributed by atoms with Crippen LogP contribution < -0.4 is 0 Å². The van der Waals surface area contributed by atoms with Crippen LogP contribution in [0.4, 0.5) is 0 Å². The molecule has 0 N–H and O–H groups in total. The summed E-state index contributed by atoms with van der Waals surface area (Å²) >= 11 is 0. The van der Waals surface area contributed by atoms with Gasteiger partial charge in [0.2, 0.25) is 0 Å². The van der Waals surface area contributed by atoms with E-state index in [2.05, 4.69) is 39.0 Å². The molecule has 1 atom stereocenters. The Hall–Kier alpha value is -0.820. The average molecular weight is 231 g/mol. The molecule has 0 heterocycles. The number of benzene rings is 1. The maximum atomic E-state index is 5.88. The van der Waals surface area contributed by atoms with Gasteiger partial charge in [0.05, 0.1) is 6.10 Å². The molecule has 1 fully saturated rings. The van der Waals surface area contributed by atoms with Gasteiger partial charge in [-0.1, -0.05) is 31.0 Å². The SMILES string of the molecule is CCOC1CCCC[C]1c1ccc(C)c(C)c1. The molecule has 0 amide bonds. The van der Waals surface area contributed by atoms with Gasteiger partial charge < -0.3 is 4.74 Å². The van der Waals surface area contributed by atoms with Crippen LogP contribution in [0.5, 0.6) is 0 Å².